The first-order valence-corrected chi connectivity index (χ1v) is 7.16. The number of ether oxygens (including phenoxy) is 1. The molecule has 0 atom stereocenters. The third kappa shape index (κ3) is 6.76. The lowest BCUT2D eigenvalue weighted by Crippen LogP contribution is -2.37. The Kier molecular flexibility index (Phi) is 8.44. The quantitative estimate of drug-likeness (QED) is 0.400. The summed E-state index contributed by atoms with van der Waals surface area (Å²) in [5, 5.41) is 6.33. The van der Waals surface area contributed by atoms with Crippen molar-refractivity contribution in [2.24, 2.45) is 10.9 Å². The van der Waals surface area contributed by atoms with Gasteiger partial charge in [-0.2, -0.15) is 8.78 Å². The first kappa shape index (κ1) is 18.9. The first-order chi connectivity index (χ1) is 10.2. The van der Waals surface area contributed by atoms with Crippen LogP contribution in [0.25, 0.3) is 0 Å². The molecule has 1 aliphatic rings. The molecule has 1 saturated carbocycles. The predicted octanol–water partition coefficient (Wildman–Crippen LogP) is 3.37. The van der Waals surface area contributed by atoms with Crippen LogP contribution in [-0.2, 0) is 6.54 Å². The molecule has 0 saturated heterocycles. The lowest BCUT2D eigenvalue weighted by molar-refractivity contribution is -0.0504. The Hall–Kier alpha value is -1.12. The average Bonchev–Trinajstić information content (AvgIpc) is 3.27. The van der Waals surface area contributed by atoms with E-state index >= 15 is 0 Å². The van der Waals surface area contributed by atoms with E-state index in [2.05, 4.69) is 20.4 Å². The fourth-order valence-electron chi connectivity index (χ4n) is 2.06. The number of para-hydroxylation sites is 1. The van der Waals surface area contributed by atoms with Crippen LogP contribution < -0.4 is 15.4 Å². The SMILES string of the molecule is CN=C(NCCC1CC1)NCc1ccccc1OC(F)F.I. The van der Waals surface area contributed by atoms with Crippen LogP contribution in [0.5, 0.6) is 5.75 Å². The Labute approximate surface area is 146 Å². The van der Waals surface area contributed by atoms with Gasteiger partial charge in [0.05, 0.1) is 0 Å². The number of hydrogen-bond acceptors (Lipinski definition) is 2. The zero-order valence-electron chi connectivity index (χ0n) is 12.5. The zero-order valence-corrected chi connectivity index (χ0v) is 14.8. The van der Waals surface area contributed by atoms with Crippen LogP contribution in [0.2, 0.25) is 0 Å². The van der Waals surface area contributed by atoms with Crippen molar-refractivity contribution >= 4 is 29.9 Å². The highest BCUT2D eigenvalue weighted by molar-refractivity contribution is 14.0. The van der Waals surface area contributed by atoms with Crippen molar-refractivity contribution in [1.82, 2.24) is 10.6 Å². The molecule has 0 unspecified atom stereocenters. The minimum atomic E-state index is -2.82. The summed E-state index contributed by atoms with van der Waals surface area (Å²) in [7, 11) is 1.69. The van der Waals surface area contributed by atoms with Gasteiger partial charge in [-0.1, -0.05) is 31.0 Å². The summed E-state index contributed by atoms with van der Waals surface area (Å²) in [6.07, 6.45) is 3.80. The van der Waals surface area contributed by atoms with Crippen LogP contribution in [0.3, 0.4) is 0 Å². The number of aliphatic imine (C=N–C) groups is 1. The van der Waals surface area contributed by atoms with E-state index in [1.165, 1.54) is 18.9 Å². The van der Waals surface area contributed by atoms with Gasteiger partial charge in [-0.3, -0.25) is 4.99 Å². The Balaban J connectivity index is 0.00000242. The van der Waals surface area contributed by atoms with E-state index in [0.29, 0.717) is 18.1 Å². The summed E-state index contributed by atoms with van der Waals surface area (Å²) in [6, 6.07) is 6.75. The molecule has 7 heteroatoms. The maximum absolute atomic E-state index is 12.3. The molecular weight excluding hydrogens is 403 g/mol. The van der Waals surface area contributed by atoms with Gasteiger partial charge in [-0.15, -0.1) is 24.0 Å². The van der Waals surface area contributed by atoms with Crippen molar-refractivity contribution in [3.05, 3.63) is 29.8 Å². The maximum atomic E-state index is 12.3. The second-order valence-electron chi connectivity index (χ2n) is 5.07. The lowest BCUT2D eigenvalue weighted by atomic mass is 10.2. The second kappa shape index (κ2) is 9.81. The van der Waals surface area contributed by atoms with Gasteiger partial charge in [0.2, 0.25) is 0 Å². The molecule has 2 N–H and O–H groups in total. The summed E-state index contributed by atoms with van der Waals surface area (Å²) < 4.78 is 29.2. The van der Waals surface area contributed by atoms with Crippen LogP contribution in [0.15, 0.2) is 29.3 Å². The van der Waals surface area contributed by atoms with Crippen LogP contribution >= 0.6 is 24.0 Å². The van der Waals surface area contributed by atoms with E-state index < -0.39 is 6.61 Å². The van der Waals surface area contributed by atoms with Crippen LogP contribution in [-0.4, -0.2) is 26.2 Å². The molecule has 124 valence electrons. The summed E-state index contributed by atoms with van der Waals surface area (Å²) in [5.74, 6) is 1.71. The van der Waals surface area contributed by atoms with Gasteiger partial charge in [-0.05, 0) is 18.4 Å². The molecule has 1 fully saturated rings. The van der Waals surface area contributed by atoms with Gasteiger partial charge in [0.25, 0.3) is 0 Å². The van der Waals surface area contributed by atoms with Gasteiger partial charge in [0, 0.05) is 25.7 Å². The van der Waals surface area contributed by atoms with Gasteiger partial charge >= 0.3 is 6.61 Å². The highest BCUT2D eigenvalue weighted by atomic mass is 127. The van der Waals surface area contributed by atoms with E-state index in [1.54, 1.807) is 25.2 Å². The van der Waals surface area contributed by atoms with E-state index in [9.17, 15) is 8.78 Å². The number of alkyl halides is 2. The van der Waals surface area contributed by atoms with E-state index in [0.717, 1.165) is 18.9 Å². The summed E-state index contributed by atoms with van der Waals surface area (Å²) in [6.45, 7) is -1.56. The fraction of sp³-hybridized carbons (Fsp3) is 0.533. The Morgan fingerprint density at radius 2 is 2.05 bits per heavy atom. The third-order valence-corrected chi connectivity index (χ3v) is 3.40. The summed E-state index contributed by atoms with van der Waals surface area (Å²) in [5.41, 5.74) is 0.669. The molecule has 1 aromatic carbocycles. The van der Waals surface area contributed by atoms with Crippen LogP contribution in [0.1, 0.15) is 24.8 Å². The van der Waals surface area contributed by atoms with E-state index in [-0.39, 0.29) is 29.7 Å². The monoisotopic (exact) mass is 425 g/mol. The van der Waals surface area contributed by atoms with Crippen LogP contribution in [0, 0.1) is 5.92 Å². The minimum absolute atomic E-state index is 0. The van der Waals surface area contributed by atoms with Crippen molar-refractivity contribution in [2.75, 3.05) is 13.6 Å². The molecule has 0 radical (unpaired) electrons. The molecular formula is C15H22F2IN3O. The Morgan fingerprint density at radius 3 is 2.68 bits per heavy atom. The first-order valence-electron chi connectivity index (χ1n) is 7.16. The van der Waals surface area contributed by atoms with Gasteiger partial charge < -0.3 is 15.4 Å². The molecule has 1 aliphatic carbocycles. The van der Waals surface area contributed by atoms with E-state index in [4.69, 9.17) is 0 Å². The summed E-state index contributed by atoms with van der Waals surface area (Å²) in [4.78, 5) is 4.12. The maximum Gasteiger partial charge on any atom is 0.387 e. The highest BCUT2D eigenvalue weighted by Gasteiger charge is 2.20. The smallest absolute Gasteiger partial charge is 0.387 e. The third-order valence-electron chi connectivity index (χ3n) is 3.40. The Morgan fingerprint density at radius 1 is 1.32 bits per heavy atom. The fourth-order valence-corrected chi connectivity index (χ4v) is 2.06. The molecule has 22 heavy (non-hydrogen) atoms. The number of nitrogens with zero attached hydrogens (tertiary/aromatic N) is 1. The second-order valence-corrected chi connectivity index (χ2v) is 5.07. The standard InChI is InChI=1S/C15H21F2N3O.HI/c1-18-15(19-9-8-11-6-7-11)20-10-12-4-2-3-5-13(12)21-14(16)17;/h2-5,11,14H,6-10H2,1H3,(H2,18,19,20);1H. The highest BCUT2D eigenvalue weighted by Crippen LogP contribution is 2.31. The van der Waals surface area contributed by atoms with Crippen molar-refractivity contribution in [3.8, 4) is 5.75 Å². The molecule has 4 nitrogen and oxygen atoms in total. The number of benzene rings is 1. The molecule has 0 aromatic heterocycles. The van der Waals surface area contributed by atoms with Crippen LogP contribution in [0.4, 0.5) is 8.78 Å². The minimum Gasteiger partial charge on any atom is -0.434 e. The van der Waals surface area contributed by atoms with Crippen molar-refractivity contribution < 1.29 is 13.5 Å². The molecule has 1 aromatic rings. The van der Waals surface area contributed by atoms with Crippen molar-refractivity contribution in [2.45, 2.75) is 32.4 Å². The Bertz CT molecular complexity index is 482. The summed E-state index contributed by atoms with van der Waals surface area (Å²) >= 11 is 0. The van der Waals surface area contributed by atoms with Gasteiger partial charge in [-0.25, -0.2) is 0 Å². The molecule has 0 amide bonds. The topological polar surface area (TPSA) is 45.7 Å². The van der Waals surface area contributed by atoms with Gasteiger partial charge in [0.15, 0.2) is 5.96 Å². The van der Waals surface area contributed by atoms with Crippen molar-refractivity contribution in [1.29, 1.82) is 0 Å². The molecule has 2 rings (SSSR count). The molecule has 0 bridgehead atoms. The predicted molar refractivity (Wildman–Crippen MR) is 94.0 cm³/mol. The van der Waals surface area contributed by atoms with Gasteiger partial charge in [0.1, 0.15) is 5.75 Å². The molecule has 0 heterocycles. The molecule has 0 spiro atoms. The largest absolute Gasteiger partial charge is 0.434 e. The number of halogens is 3. The number of rotatable bonds is 7. The number of nitrogens with one attached hydrogen (secondary N) is 2. The van der Waals surface area contributed by atoms with E-state index in [1.807, 2.05) is 0 Å². The lowest BCUT2D eigenvalue weighted by Gasteiger charge is -2.14. The average molecular weight is 425 g/mol. The zero-order chi connectivity index (χ0) is 15.1. The molecule has 0 aliphatic heterocycles. The van der Waals surface area contributed by atoms with Crippen molar-refractivity contribution in [3.63, 3.8) is 0 Å². The number of guanidine groups is 1. The number of hydrogen-bond donors (Lipinski definition) is 2. The normalized spacial score (nSPS) is 14.5.